The Bertz CT molecular complexity index is 459. The van der Waals surface area contributed by atoms with E-state index in [-0.39, 0.29) is 6.04 Å². The largest absolute Gasteiger partial charge is 0.324 e. The summed E-state index contributed by atoms with van der Waals surface area (Å²) in [7, 11) is 0. The highest BCUT2D eigenvalue weighted by molar-refractivity contribution is 7.99. The molecular weight excluding hydrogens is 220 g/mol. The molecule has 0 bridgehead atoms. The maximum absolute atomic E-state index is 5.81. The summed E-state index contributed by atoms with van der Waals surface area (Å²) in [6, 6.07) is 3.92. The smallest absolute Gasteiger partial charge is 0.121 e. The number of hydrogen-bond donors (Lipinski definition) is 1. The van der Waals surface area contributed by atoms with Crippen LogP contribution in [0.5, 0.6) is 0 Å². The zero-order chi connectivity index (χ0) is 11.4. The van der Waals surface area contributed by atoms with E-state index >= 15 is 0 Å². The van der Waals surface area contributed by atoms with E-state index in [1.54, 1.807) is 24.8 Å². The normalized spacial score (nSPS) is 12.4. The molecule has 0 aliphatic rings. The Balaban J connectivity index is 2.19. The summed E-state index contributed by atoms with van der Waals surface area (Å²) in [4.78, 5) is 12.4. The van der Waals surface area contributed by atoms with Crippen LogP contribution in [0.1, 0.15) is 18.5 Å². The lowest BCUT2D eigenvalue weighted by Crippen LogP contribution is -2.04. The van der Waals surface area contributed by atoms with Gasteiger partial charge in [-0.1, -0.05) is 0 Å². The summed E-state index contributed by atoms with van der Waals surface area (Å²) in [5, 5.41) is 1.71. The fourth-order valence-electron chi connectivity index (χ4n) is 1.21. The third kappa shape index (κ3) is 2.77. The van der Waals surface area contributed by atoms with Crippen LogP contribution in [-0.4, -0.2) is 15.0 Å². The van der Waals surface area contributed by atoms with E-state index in [2.05, 4.69) is 15.0 Å². The first-order valence-electron chi connectivity index (χ1n) is 4.91. The number of rotatable bonds is 3. The Hall–Kier alpha value is -1.46. The molecule has 2 aromatic rings. The Morgan fingerprint density at radius 3 is 2.69 bits per heavy atom. The van der Waals surface area contributed by atoms with E-state index in [9.17, 15) is 0 Å². The van der Waals surface area contributed by atoms with E-state index in [4.69, 9.17) is 5.73 Å². The Labute approximate surface area is 98.3 Å². The van der Waals surface area contributed by atoms with Crippen LogP contribution < -0.4 is 5.73 Å². The predicted molar refractivity (Wildman–Crippen MR) is 63.0 cm³/mol. The molecule has 0 saturated carbocycles. The van der Waals surface area contributed by atoms with Gasteiger partial charge in [-0.3, -0.25) is 4.98 Å². The Morgan fingerprint density at radius 1 is 1.19 bits per heavy atom. The van der Waals surface area contributed by atoms with Crippen molar-refractivity contribution >= 4 is 11.8 Å². The van der Waals surface area contributed by atoms with E-state index in [1.165, 1.54) is 11.8 Å². The highest BCUT2D eigenvalue weighted by Gasteiger charge is 2.03. The van der Waals surface area contributed by atoms with Crippen LogP contribution in [0, 0.1) is 0 Å². The minimum atomic E-state index is 0.0178. The van der Waals surface area contributed by atoms with Gasteiger partial charge in [-0.2, -0.15) is 0 Å². The first kappa shape index (κ1) is 11.0. The van der Waals surface area contributed by atoms with E-state index < -0.39 is 0 Å². The zero-order valence-corrected chi connectivity index (χ0v) is 9.69. The number of nitrogens with two attached hydrogens (primary N) is 1. The van der Waals surface area contributed by atoms with Gasteiger partial charge in [0.25, 0.3) is 0 Å². The van der Waals surface area contributed by atoms with E-state index in [0.29, 0.717) is 0 Å². The van der Waals surface area contributed by atoms with Gasteiger partial charge >= 0.3 is 0 Å². The quantitative estimate of drug-likeness (QED) is 0.877. The topological polar surface area (TPSA) is 64.7 Å². The molecule has 2 aromatic heterocycles. The molecule has 0 aliphatic heterocycles. The van der Waals surface area contributed by atoms with Gasteiger partial charge in [-0.05, 0) is 36.4 Å². The summed E-state index contributed by atoms with van der Waals surface area (Å²) in [5.74, 6) is 0. The first-order chi connectivity index (χ1) is 7.75. The van der Waals surface area contributed by atoms with Crippen molar-refractivity contribution in [3.8, 4) is 0 Å². The van der Waals surface area contributed by atoms with Crippen molar-refractivity contribution in [2.45, 2.75) is 23.0 Å². The lowest BCUT2D eigenvalue weighted by Gasteiger charge is -2.06. The fraction of sp³-hybridized carbons (Fsp3) is 0.182. The van der Waals surface area contributed by atoms with Crippen LogP contribution in [-0.2, 0) is 0 Å². The maximum atomic E-state index is 5.81. The second-order valence-corrected chi connectivity index (χ2v) is 4.40. The van der Waals surface area contributed by atoms with Crippen molar-refractivity contribution in [1.82, 2.24) is 15.0 Å². The first-order valence-corrected chi connectivity index (χ1v) is 5.73. The number of hydrogen-bond acceptors (Lipinski definition) is 5. The SMILES string of the molecule is C[C@@H](N)c1ccnc(Sc2cnccn2)c1. The molecular formula is C11H12N4S. The Morgan fingerprint density at radius 2 is 2.00 bits per heavy atom. The van der Waals surface area contributed by atoms with E-state index in [1.807, 2.05) is 19.1 Å². The van der Waals surface area contributed by atoms with Gasteiger partial charge in [-0.25, -0.2) is 9.97 Å². The van der Waals surface area contributed by atoms with Gasteiger partial charge in [0.2, 0.25) is 0 Å². The fourth-order valence-corrected chi connectivity index (χ4v) is 1.96. The standard InChI is InChI=1S/C11H12N4S/c1-8(12)9-2-3-14-10(6-9)16-11-7-13-4-5-15-11/h2-8H,12H2,1H3/t8-/m1/s1. The summed E-state index contributed by atoms with van der Waals surface area (Å²) in [6.45, 7) is 1.95. The molecule has 2 heterocycles. The minimum Gasteiger partial charge on any atom is -0.324 e. The van der Waals surface area contributed by atoms with Crippen LogP contribution >= 0.6 is 11.8 Å². The molecule has 0 spiro atoms. The Kier molecular flexibility index (Phi) is 3.48. The molecule has 0 unspecified atom stereocenters. The summed E-state index contributed by atoms with van der Waals surface area (Å²) in [6.07, 6.45) is 6.79. The van der Waals surface area contributed by atoms with Gasteiger partial charge in [0.15, 0.2) is 0 Å². The third-order valence-corrected chi connectivity index (χ3v) is 2.89. The van der Waals surface area contributed by atoms with Gasteiger partial charge < -0.3 is 5.73 Å². The third-order valence-electron chi connectivity index (χ3n) is 2.03. The van der Waals surface area contributed by atoms with Crippen molar-refractivity contribution in [2.24, 2.45) is 5.73 Å². The lowest BCUT2D eigenvalue weighted by molar-refractivity contribution is 0.808. The minimum absolute atomic E-state index is 0.0178. The predicted octanol–water partition coefficient (Wildman–Crippen LogP) is 2.04. The van der Waals surface area contributed by atoms with Crippen molar-refractivity contribution in [3.63, 3.8) is 0 Å². The monoisotopic (exact) mass is 232 g/mol. The van der Waals surface area contributed by atoms with Crippen LogP contribution in [0.3, 0.4) is 0 Å². The van der Waals surface area contributed by atoms with Gasteiger partial charge in [-0.15, -0.1) is 0 Å². The molecule has 82 valence electrons. The molecule has 0 fully saturated rings. The summed E-state index contributed by atoms with van der Waals surface area (Å²) >= 11 is 1.48. The molecule has 0 aromatic carbocycles. The highest BCUT2D eigenvalue weighted by atomic mass is 32.2. The number of nitrogens with zero attached hydrogens (tertiary/aromatic N) is 3. The zero-order valence-electron chi connectivity index (χ0n) is 8.87. The van der Waals surface area contributed by atoms with E-state index in [0.717, 1.165) is 15.6 Å². The van der Waals surface area contributed by atoms with Crippen molar-refractivity contribution in [2.75, 3.05) is 0 Å². The average Bonchev–Trinajstić information content (AvgIpc) is 2.30. The molecule has 0 amide bonds. The van der Waals surface area contributed by atoms with Crippen LogP contribution in [0.25, 0.3) is 0 Å². The molecule has 4 nitrogen and oxygen atoms in total. The van der Waals surface area contributed by atoms with Gasteiger partial charge in [0.05, 0.1) is 6.20 Å². The maximum Gasteiger partial charge on any atom is 0.121 e. The molecule has 2 rings (SSSR count). The van der Waals surface area contributed by atoms with Crippen LogP contribution in [0.4, 0.5) is 0 Å². The van der Waals surface area contributed by atoms with Crippen LogP contribution in [0.2, 0.25) is 0 Å². The lowest BCUT2D eigenvalue weighted by atomic mass is 10.1. The van der Waals surface area contributed by atoms with Crippen molar-refractivity contribution in [1.29, 1.82) is 0 Å². The molecule has 0 radical (unpaired) electrons. The van der Waals surface area contributed by atoms with Crippen LogP contribution in [0.15, 0.2) is 47.0 Å². The number of aromatic nitrogens is 3. The summed E-state index contributed by atoms with van der Waals surface area (Å²) < 4.78 is 0. The molecule has 0 aliphatic carbocycles. The van der Waals surface area contributed by atoms with Crippen molar-refractivity contribution < 1.29 is 0 Å². The molecule has 5 heteroatoms. The molecule has 16 heavy (non-hydrogen) atoms. The second-order valence-electron chi connectivity index (χ2n) is 3.36. The summed E-state index contributed by atoms with van der Waals surface area (Å²) in [5.41, 5.74) is 6.88. The van der Waals surface area contributed by atoms with Gasteiger partial charge in [0.1, 0.15) is 10.1 Å². The number of pyridine rings is 1. The average molecular weight is 232 g/mol. The molecule has 1 atom stereocenters. The van der Waals surface area contributed by atoms with Gasteiger partial charge in [0, 0.05) is 24.6 Å². The highest BCUT2D eigenvalue weighted by Crippen LogP contribution is 2.24. The second kappa shape index (κ2) is 5.05. The molecule has 0 saturated heterocycles. The molecule has 2 N–H and O–H groups in total. The van der Waals surface area contributed by atoms with Crippen molar-refractivity contribution in [3.05, 3.63) is 42.5 Å².